The minimum Gasteiger partial charge on any atom is -0.468 e. The topological polar surface area (TPSA) is 93.7 Å². The highest BCUT2D eigenvalue weighted by Crippen LogP contribution is 2.24. The van der Waals surface area contributed by atoms with Crippen LogP contribution in [0.15, 0.2) is 69.5 Å². The van der Waals surface area contributed by atoms with Crippen molar-refractivity contribution in [2.45, 2.75) is 18.0 Å². The van der Waals surface area contributed by atoms with E-state index in [0.717, 1.165) is 4.88 Å². The number of sulfonamides is 1. The van der Waals surface area contributed by atoms with Crippen molar-refractivity contribution >= 4 is 27.0 Å². The molecule has 3 aromatic rings. The molecule has 0 spiro atoms. The number of non-ortho nitro benzene ring substituents is 1. The van der Waals surface area contributed by atoms with Gasteiger partial charge in [-0.1, -0.05) is 6.07 Å². The van der Waals surface area contributed by atoms with Gasteiger partial charge in [0.2, 0.25) is 10.0 Å². The number of benzene rings is 1. The van der Waals surface area contributed by atoms with E-state index in [1.807, 2.05) is 17.5 Å². The van der Waals surface area contributed by atoms with E-state index in [2.05, 4.69) is 0 Å². The Morgan fingerprint density at radius 2 is 1.84 bits per heavy atom. The summed E-state index contributed by atoms with van der Waals surface area (Å²) in [4.78, 5) is 11.1. The lowest BCUT2D eigenvalue weighted by Gasteiger charge is -2.20. The van der Waals surface area contributed by atoms with Crippen molar-refractivity contribution in [3.63, 3.8) is 0 Å². The number of rotatable bonds is 7. The smallest absolute Gasteiger partial charge is 0.269 e. The van der Waals surface area contributed by atoms with E-state index in [9.17, 15) is 18.5 Å². The van der Waals surface area contributed by atoms with Gasteiger partial charge in [0.15, 0.2) is 0 Å². The molecule has 7 nitrogen and oxygen atoms in total. The van der Waals surface area contributed by atoms with Crippen LogP contribution in [0.5, 0.6) is 0 Å². The predicted molar refractivity (Wildman–Crippen MR) is 92.6 cm³/mol. The molecule has 0 aliphatic heterocycles. The van der Waals surface area contributed by atoms with Crippen molar-refractivity contribution in [2.75, 3.05) is 0 Å². The molecule has 25 heavy (non-hydrogen) atoms. The average Bonchev–Trinajstić information content (AvgIpc) is 3.28. The Labute approximate surface area is 148 Å². The zero-order chi connectivity index (χ0) is 17.9. The molecule has 3 rings (SSSR count). The fourth-order valence-corrected chi connectivity index (χ4v) is 4.45. The Morgan fingerprint density at radius 1 is 1.08 bits per heavy atom. The molecular formula is C16H14N2O5S2. The Balaban J connectivity index is 1.93. The van der Waals surface area contributed by atoms with E-state index in [1.54, 1.807) is 12.1 Å². The third kappa shape index (κ3) is 3.95. The van der Waals surface area contributed by atoms with Crippen LogP contribution in [-0.4, -0.2) is 17.6 Å². The van der Waals surface area contributed by atoms with E-state index < -0.39 is 14.9 Å². The van der Waals surface area contributed by atoms with Gasteiger partial charge in [-0.05, 0) is 35.7 Å². The fourth-order valence-electron chi connectivity index (χ4n) is 2.27. The van der Waals surface area contributed by atoms with Gasteiger partial charge in [0, 0.05) is 23.6 Å². The Kier molecular flexibility index (Phi) is 4.98. The van der Waals surface area contributed by atoms with Gasteiger partial charge in [-0.2, -0.15) is 4.31 Å². The van der Waals surface area contributed by atoms with Crippen LogP contribution in [0.2, 0.25) is 0 Å². The summed E-state index contributed by atoms with van der Waals surface area (Å²) in [5.41, 5.74) is -0.158. The molecular weight excluding hydrogens is 364 g/mol. The van der Waals surface area contributed by atoms with Crippen LogP contribution in [0.3, 0.4) is 0 Å². The molecule has 0 aliphatic carbocycles. The van der Waals surface area contributed by atoms with Crippen molar-refractivity contribution in [3.8, 4) is 0 Å². The quantitative estimate of drug-likeness (QED) is 0.462. The second-order valence-corrected chi connectivity index (χ2v) is 8.15. The van der Waals surface area contributed by atoms with Gasteiger partial charge < -0.3 is 4.42 Å². The number of thiophene rings is 1. The molecule has 0 bridgehead atoms. The minimum absolute atomic E-state index is 0.00112. The highest BCUT2D eigenvalue weighted by Gasteiger charge is 2.26. The zero-order valence-corrected chi connectivity index (χ0v) is 14.6. The summed E-state index contributed by atoms with van der Waals surface area (Å²) < 4.78 is 32.5. The standard InChI is InChI=1S/C16H14N2O5S2/c19-18(20)13-5-7-16(8-6-13)25(21,22)17(11-14-3-1-9-23-14)12-15-4-2-10-24-15/h1-10H,11-12H2. The Bertz CT molecular complexity index is 897. The van der Waals surface area contributed by atoms with E-state index in [-0.39, 0.29) is 23.7 Å². The summed E-state index contributed by atoms with van der Waals surface area (Å²) in [6.45, 7) is 0.266. The maximum Gasteiger partial charge on any atom is 0.269 e. The van der Waals surface area contributed by atoms with E-state index >= 15 is 0 Å². The number of nitro benzene ring substituents is 1. The van der Waals surface area contributed by atoms with Crippen LogP contribution >= 0.6 is 11.3 Å². The van der Waals surface area contributed by atoms with Gasteiger partial charge in [0.1, 0.15) is 5.76 Å². The molecule has 0 saturated heterocycles. The third-order valence-corrected chi connectivity index (χ3v) is 6.18. The zero-order valence-electron chi connectivity index (χ0n) is 12.9. The first-order chi connectivity index (χ1) is 12.0. The van der Waals surface area contributed by atoms with Crippen molar-refractivity contribution in [3.05, 3.63) is 80.9 Å². The second-order valence-electron chi connectivity index (χ2n) is 5.18. The number of nitrogens with zero attached hydrogens (tertiary/aromatic N) is 2. The van der Waals surface area contributed by atoms with E-state index in [4.69, 9.17) is 4.42 Å². The molecule has 0 radical (unpaired) electrons. The number of nitro groups is 1. The van der Waals surface area contributed by atoms with Crippen molar-refractivity contribution in [1.82, 2.24) is 4.31 Å². The largest absolute Gasteiger partial charge is 0.468 e. The van der Waals surface area contributed by atoms with Crippen LogP contribution in [0.25, 0.3) is 0 Å². The molecule has 2 aromatic heterocycles. The summed E-state index contributed by atoms with van der Waals surface area (Å²) >= 11 is 1.46. The van der Waals surface area contributed by atoms with Gasteiger partial charge in [0.25, 0.3) is 5.69 Å². The average molecular weight is 378 g/mol. The van der Waals surface area contributed by atoms with Crippen LogP contribution < -0.4 is 0 Å². The Hall–Kier alpha value is -2.49. The lowest BCUT2D eigenvalue weighted by Crippen LogP contribution is -2.29. The third-order valence-electron chi connectivity index (χ3n) is 3.51. The summed E-state index contributed by atoms with van der Waals surface area (Å²) in [5, 5.41) is 12.6. The van der Waals surface area contributed by atoms with Crippen LogP contribution in [0.1, 0.15) is 10.6 Å². The van der Waals surface area contributed by atoms with Crippen LogP contribution in [0.4, 0.5) is 5.69 Å². The molecule has 0 N–H and O–H groups in total. The molecule has 130 valence electrons. The summed E-state index contributed by atoms with van der Waals surface area (Å²) in [5.74, 6) is 0.516. The first-order valence-corrected chi connectivity index (χ1v) is 9.58. The summed E-state index contributed by atoms with van der Waals surface area (Å²) in [6, 6.07) is 12.0. The highest BCUT2D eigenvalue weighted by molar-refractivity contribution is 7.89. The van der Waals surface area contributed by atoms with Gasteiger partial charge >= 0.3 is 0 Å². The molecule has 1 aromatic carbocycles. The van der Waals surface area contributed by atoms with Crippen molar-refractivity contribution in [1.29, 1.82) is 0 Å². The summed E-state index contributed by atoms with van der Waals surface area (Å²) in [7, 11) is -3.84. The molecule has 0 amide bonds. The monoisotopic (exact) mass is 378 g/mol. The van der Waals surface area contributed by atoms with Crippen LogP contribution in [0, 0.1) is 10.1 Å². The maximum atomic E-state index is 13.0. The Morgan fingerprint density at radius 3 is 2.40 bits per heavy atom. The van der Waals surface area contributed by atoms with Gasteiger partial charge in [-0.3, -0.25) is 10.1 Å². The van der Waals surface area contributed by atoms with Gasteiger partial charge in [-0.25, -0.2) is 8.42 Å². The van der Waals surface area contributed by atoms with Crippen molar-refractivity contribution in [2.24, 2.45) is 0 Å². The van der Waals surface area contributed by atoms with Gasteiger partial charge in [0.05, 0.1) is 22.6 Å². The predicted octanol–water partition coefficient (Wildman–Crippen LogP) is 3.64. The molecule has 0 atom stereocenters. The normalized spacial score (nSPS) is 11.7. The molecule has 9 heteroatoms. The van der Waals surface area contributed by atoms with Gasteiger partial charge in [-0.15, -0.1) is 11.3 Å². The maximum absolute atomic E-state index is 13.0. The van der Waals surface area contributed by atoms with Crippen LogP contribution in [-0.2, 0) is 23.1 Å². The first kappa shape index (κ1) is 17.3. The molecule has 0 fully saturated rings. The van der Waals surface area contributed by atoms with E-state index in [1.165, 1.54) is 46.2 Å². The minimum atomic E-state index is -3.84. The number of hydrogen-bond donors (Lipinski definition) is 0. The van der Waals surface area contributed by atoms with E-state index in [0.29, 0.717) is 5.76 Å². The first-order valence-electron chi connectivity index (χ1n) is 7.26. The highest BCUT2D eigenvalue weighted by atomic mass is 32.2. The molecule has 0 aliphatic rings. The SMILES string of the molecule is O=[N+]([O-])c1ccc(S(=O)(=O)N(Cc2ccco2)Cc2cccs2)cc1. The second kappa shape index (κ2) is 7.18. The lowest BCUT2D eigenvalue weighted by molar-refractivity contribution is -0.384. The molecule has 0 saturated carbocycles. The molecule has 0 unspecified atom stereocenters. The lowest BCUT2D eigenvalue weighted by atomic mass is 10.3. The summed E-state index contributed by atoms with van der Waals surface area (Å²) in [6.07, 6.45) is 1.48. The number of hydrogen-bond acceptors (Lipinski definition) is 6. The fraction of sp³-hybridized carbons (Fsp3) is 0.125. The number of furan rings is 1. The van der Waals surface area contributed by atoms with Crippen molar-refractivity contribution < 1.29 is 17.8 Å². The molecule has 2 heterocycles.